The van der Waals surface area contributed by atoms with E-state index >= 15 is 0 Å². The summed E-state index contributed by atoms with van der Waals surface area (Å²) < 4.78 is 18.1. The molecule has 2 aliphatic carbocycles. The van der Waals surface area contributed by atoms with Crippen molar-refractivity contribution in [2.75, 3.05) is 6.61 Å². The normalized spacial score (nSPS) is 29.7. The van der Waals surface area contributed by atoms with E-state index in [0.717, 1.165) is 18.6 Å². The predicted octanol–water partition coefficient (Wildman–Crippen LogP) is 3.52. The summed E-state index contributed by atoms with van der Waals surface area (Å²) in [6.45, 7) is 6.71. The number of rotatable bonds is 4. The van der Waals surface area contributed by atoms with Gasteiger partial charge < -0.3 is 4.74 Å². The minimum atomic E-state index is -0.333. The Labute approximate surface area is 136 Å². The lowest BCUT2D eigenvalue weighted by atomic mass is 9.70. The van der Waals surface area contributed by atoms with Gasteiger partial charge in [-0.05, 0) is 54.9 Å². The van der Waals surface area contributed by atoms with Gasteiger partial charge in [0.05, 0.1) is 0 Å². The fourth-order valence-electron chi connectivity index (χ4n) is 3.94. The highest BCUT2D eigenvalue weighted by atomic mass is 19.1. The predicted molar refractivity (Wildman–Crippen MR) is 86.7 cm³/mol. The average Bonchev–Trinajstić information content (AvgIpc) is 2.85. The molecule has 2 unspecified atom stereocenters. The highest BCUT2D eigenvalue weighted by Gasteiger charge is 2.59. The fraction of sp³-hybridized carbons (Fsp3) is 0.556. The van der Waals surface area contributed by atoms with Crippen molar-refractivity contribution < 1.29 is 13.9 Å². The number of benzene rings is 1. The van der Waals surface area contributed by atoms with Crippen molar-refractivity contribution >= 4 is 11.6 Å². The van der Waals surface area contributed by atoms with E-state index in [-0.39, 0.29) is 29.2 Å². The third-order valence-corrected chi connectivity index (χ3v) is 6.01. The number of hydrogen-bond acceptors (Lipinski definition) is 3. The Balaban J connectivity index is 1.56. The molecule has 5 heteroatoms. The van der Waals surface area contributed by atoms with Gasteiger partial charge in [0, 0.05) is 11.1 Å². The van der Waals surface area contributed by atoms with E-state index in [2.05, 4.69) is 31.3 Å². The van der Waals surface area contributed by atoms with Crippen LogP contribution in [0.1, 0.15) is 40.0 Å². The smallest absolute Gasteiger partial charge is 0.277 e. The van der Waals surface area contributed by atoms with Crippen LogP contribution in [0.4, 0.5) is 4.39 Å². The van der Waals surface area contributed by atoms with Crippen molar-refractivity contribution in [2.45, 2.75) is 40.0 Å². The second-order valence-corrected chi connectivity index (χ2v) is 7.33. The highest BCUT2D eigenvalue weighted by molar-refractivity contribution is 5.95. The van der Waals surface area contributed by atoms with Crippen molar-refractivity contribution in [2.24, 2.45) is 21.8 Å². The number of halogens is 1. The fourth-order valence-corrected chi connectivity index (χ4v) is 3.94. The molecule has 23 heavy (non-hydrogen) atoms. The number of nitrogens with zero attached hydrogens (tertiary/aromatic N) is 1. The van der Waals surface area contributed by atoms with Crippen molar-refractivity contribution in [1.82, 2.24) is 5.43 Å². The molecule has 2 saturated carbocycles. The Morgan fingerprint density at radius 1 is 1.35 bits per heavy atom. The number of ether oxygens (including phenoxy) is 1. The third kappa shape index (κ3) is 2.73. The molecule has 2 aliphatic rings. The molecule has 3 rings (SSSR count). The van der Waals surface area contributed by atoms with Crippen LogP contribution in [-0.4, -0.2) is 18.2 Å². The minimum Gasteiger partial charge on any atom is -0.484 e. The first-order valence-electron chi connectivity index (χ1n) is 8.07. The zero-order valence-electron chi connectivity index (χ0n) is 13.9. The Hall–Kier alpha value is -1.91. The molecule has 1 aromatic carbocycles. The van der Waals surface area contributed by atoms with Crippen LogP contribution in [0.2, 0.25) is 0 Å². The van der Waals surface area contributed by atoms with E-state index in [1.54, 1.807) is 0 Å². The van der Waals surface area contributed by atoms with Crippen molar-refractivity contribution in [3.05, 3.63) is 30.1 Å². The second-order valence-electron chi connectivity index (χ2n) is 7.33. The molecule has 1 aromatic rings. The van der Waals surface area contributed by atoms with Crippen LogP contribution < -0.4 is 10.2 Å². The van der Waals surface area contributed by atoms with Gasteiger partial charge in [-0.1, -0.05) is 20.8 Å². The first kappa shape index (κ1) is 16.0. The van der Waals surface area contributed by atoms with Gasteiger partial charge in [-0.2, -0.15) is 5.10 Å². The highest BCUT2D eigenvalue weighted by Crippen LogP contribution is 2.63. The van der Waals surface area contributed by atoms with Crippen molar-refractivity contribution in [1.29, 1.82) is 0 Å². The van der Waals surface area contributed by atoms with Crippen molar-refractivity contribution in [3.63, 3.8) is 0 Å². The number of fused-ring (bicyclic) bond motifs is 2. The lowest BCUT2D eigenvalue weighted by Crippen LogP contribution is -2.35. The molecule has 0 radical (unpaired) electrons. The zero-order valence-corrected chi connectivity index (χ0v) is 13.9. The summed E-state index contributed by atoms with van der Waals surface area (Å²) in [6, 6.07) is 5.58. The Kier molecular flexibility index (Phi) is 3.90. The van der Waals surface area contributed by atoms with Gasteiger partial charge in [-0.15, -0.1) is 0 Å². The summed E-state index contributed by atoms with van der Waals surface area (Å²) in [7, 11) is 0. The Bertz CT molecular complexity index is 639. The molecule has 1 N–H and O–H groups in total. The average molecular weight is 318 g/mol. The minimum absolute atomic E-state index is 0.0722. The lowest BCUT2D eigenvalue weighted by Gasteiger charge is -2.34. The quantitative estimate of drug-likeness (QED) is 0.864. The van der Waals surface area contributed by atoms with Gasteiger partial charge in [-0.25, -0.2) is 9.82 Å². The van der Waals surface area contributed by atoms with E-state index in [4.69, 9.17) is 4.74 Å². The molecule has 0 heterocycles. The summed E-state index contributed by atoms with van der Waals surface area (Å²) in [4.78, 5) is 11.9. The molecule has 2 fully saturated rings. The largest absolute Gasteiger partial charge is 0.484 e. The second kappa shape index (κ2) is 5.62. The molecule has 0 spiro atoms. The summed E-state index contributed by atoms with van der Waals surface area (Å²) in [5.41, 5.74) is 4.01. The summed E-state index contributed by atoms with van der Waals surface area (Å²) in [6.07, 6.45) is 3.33. The first-order valence-corrected chi connectivity index (χ1v) is 8.07. The number of hydrazone groups is 1. The maximum Gasteiger partial charge on any atom is 0.277 e. The van der Waals surface area contributed by atoms with Gasteiger partial charge in [0.1, 0.15) is 11.6 Å². The molecule has 0 aromatic heterocycles. The van der Waals surface area contributed by atoms with Gasteiger partial charge in [0.25, 0.3) is 5.91 Å². The molecule has 1 amide bonds. The number of nitrogens with one attached hydrogen (secondary N) is 1. The van der Waals surface area contributed by atoms with Gasteiger partial charge in [0.2, 0.25) is 0 Å². The molecule has 0 aliphatic heterocycles. The summed E-state index contributed by atoms with van der Waals surface area (Å²) >= 11 is 0. The van der Waals surface area contributed by atoms with E-state index in [0.29, 0.717) is 11.7 Å². The van der Waals surface area contributed by atoms with Gasteiger partial charge >= 0.3 is 0 Å². The summed E-state index contributed by atoms with van der Waals surface area (Å²) in [5.74, 6) is 0.479. The number of carbonyl (C=O) groups excluding carboxylic acids is 1. The molecule has 2 bridgehead atoms. The monoisotopic (exact) mass is 318 g/mol. The van der Waals surface area contributed by atoms with Crippen LogP contribution >= 0.6 is 0 Å². The van der Waals surface area contributed by atoms with E-state index < -0.39 is 0 Å². The maximum atomic E-state index is 12.8. The van der Waals surface area contributed by atoms with E-state index in [9.17, 15) is 9.18 Å². The molecule has 4 nitrogen and oxygen atoms in total. The molecular formula is C18H23FN2O2. The lowest BCUT2D eigenvalue weighted by molar-refractivity contribution is -0.123. The van der Waals surface area contributed by atoms with E-state index in [1.807, 2.05) is 0 Å². The summed E-state index contributed by atoms with van der Waals surface area (Å²) in [5, 5.41) is 4.38. The standard InChI is InChI=1S/C18H23FN2O2/c1-17(2)12-8-9-18(17,3)15(10-12)20-21-16(22)11-23-14-6-4-13(19)5-7-14/h4-7,12H,8-11H2,1-3H3,(H,21,22)/b20-15-. The number of carbonyl (C=O) groups is 1. The van der Waals surface area contributed by atoms with Crippen LogP contribution in [0.3, 0.4) is 0 Å². The topological polar surface area (TPSA) is 50.7 Å². The molecular weight excluding hydrogens is 295 g/mol. The zero-order chi connectivity index (χ0) is 16.7. The number of amides is 1. The number of hydrogen-bond donors (Lipinski definition) is 1. The maximum absolute atomic E-state index is 12.8. The SMILES string of the molecule is CC12CCC(C/C1=N/NC(=O)COc1ccc(F)cc1)C2(C)C. The molecule has 2 atom stereocenters. The van der Waals surface area contributed by atoms with Crippen LogP contribution in [0.25, 0.3) is 0 Å². The first-order chi connectivity index (χ1) is 10.8. The van der Waals surface area contributed by atoms with Crippen LogP contribution in [0.15, 0.2) is 29.4 Å². The Morgan fingerprint density at radius 2 is 2.04 bits per heavy atom. The molecule has 0 saturated heterocycles. The van der Waals surface area contributed by atoms with Crippen LogP contribution in [-0.2, 0) is 4.79 Å². The van der Waals surface area contributed by atoms with Crippen molar-refractivity contribution in [3.8, 4) is 5.75 Å². The van der Waals surface area contributed by atoms with Gasteiger partial charge in [-0.3, -0.25) is 4.79 Å². The third-order valence-electron chi connectivity index (χ3n) is 6.01. The van der Waals surface area contributed by atoms with Crippen LogP contribution in [0, 0.1) is 22.6 Å². The van der Waals surface area contributed by atoms with Crippen LogP contribution in [0.5, 0.6) is 5.75 Å². The molecule has 124 valence electrons. The van der Waals surface area contributed by atoms with Gasteiger partial charge in [0.15, 0.2) is 6.61 Å². The van der Waals surface area contributed by atoms with E-state index in [1.165, 1.54) is 30.7 Å². The Morgan fingerprint density at radius 3 is 2.61 bits per heavy atom.